The van der Waals surface area contributed by atoms with Crippen LogP contribution in [-0.2, 0) is 10.8 Å². The normalized spacial score (nSPS) is 19.3. The van der Waals surface area contributed by atoms with E-state index in [4.69, 9.17) is 0 Å². The minimum atomic E-state index is -1.04. The topological polar surface area (TPSA) is 34.1 Å². The van der Waals surface area contributed by atoms with Crippen molar-refractivity contribution >= 4 is 16.6 Å². The number of Topliss-reactive ketones (excluding diaryl/α,β-unsaturated/α-hetero) is 1. The van der Waals surface area contributed by atoms with Crippen molar-refractivity contribution in [3.8, 4) is 0 Å². The molecule has 0 heterocycles. The molecule has 1 aromatic carbocycles. The molecular formula is C16H22O2S. The van der Waals surface area contributed by atoms with E-state index in [9.17, 15) is 9.00 Å². The number of aryl methyl sites for hydroxylation is 1. The SMILES string of the molecule is Cc1ccc(C(=O)C(C)S(=O)CC2CCCC2)cc1. The highest BCUT2D eigenvalue weighted by Gasteiger charge is 2.25. The monoisotopic (exact) mass is 278 g/mol. The molecule has 2 unspecified atom stereocenters. The van der Waals surface area contributed by atoms with Gasteiger partial charge in [-0.15, -0.1) is 0 Å². The van der Waals surface area contributed by atoms with Gasteiger partial charge in [-0.25, -0.2) is 0 Å². The van der Waals surface area contributed by atoms with E-state index in [0.29, 0.717) is 17.2 Å². The Morgan fingerprint density at radius 1 is 1.26 bits per heavy atom. The highest BCUT2D eigenvalue weighted by Crippen LogP contribution is 2.26. The summed E-state index contributed by atoms with van der Waals surface area (Å²) in [4.78, 5) is 12.3. The van der Waals surface area contributed by atoms with Crippen LogP contribution in [0, 0.1) is 12.8 Å². The van der Waals surface area contributed by atoms with Crippen LogP contribution in [0.5, 0.6) is 0 Å². The Morgan fingerprint density at radius 2 is 1.84 bits per heavy atom. The smallest absolute Gasteiger partial charge is 0.178 e. The predicted octanol–water partition coefficient (Wildman–Crippen LogP) is 3.51. The van der Waals surface area contributed by atoms with Crippen molar-refractivity contribution in [2.75, 3.05) is 5.75 Å². The van der Waals surface area contributed by atoms with Crippen LogP contribution in [-0.4, -0.2) is 21.0 Å². The number of rotatable bonds is 5. The van der Waals surface area contributed by atoms with E-state index < -0.39 is 10.8 Å². The van der Waals surface area contributed by atoms with Gasteiger partial charge < -0.3 is 0 Å². The molecule has 1 aliphatic carbocycles. The molecule has 0 spiro atoms. The predicted molar refractivity (Wildman–Crippen MR) is 79.9 cm³/mol. The Kier molecular flexibility index (Phi) is 4.92. The Balaban J connectivity index is 1.97. The summed E-state index contributed by atoms with van der Waals surface area (Å²) in [6.07, 6.45) is 4.86. The molecule has 0 amide bonds. The van der Waals surface area contributed by atoms with Crippen molar-refractivity contribution < 1.29 is 9.00 Å². The van der Waals surface area contributed by atoms with Crippen molar-refractivity contribution in [3.05, 3.63) is 35.4 Å². The fourth-order valence-corrected chi connectivity index (χ4v) is 4.09. The second kappa shape index (κ2) is 6.47. The van der Waals surface area contributed by atoms with Crippen molar-refractivity contribution in [2.24, 2.45) is 5.92 Å². The third-order valence-electron chi connectivity index (χ3n) is 3.97. The summed E-state index contributed by atoms with van der Waals surface area (Å²) < 4.78 is 12.3. The molecule has 1 aromatic rings. The second-order valence-electron chi connectivity index (χ2n) is 5.57. The molecule has 1 fully saturated rings. The van der Waals surface area contributed by atoms with Gasteiger partial charge >= 0.3 is 0 Å². The summed E-state index contributed by atoms with van der Waals surface area (Å²) in [5, 5.41) is -0.386. The van der Waals surface area contributed by atoms with Gasteiger partial charge in [-0.2, -0.15) is 0 Å². The zero-order valence-electron chi connectivity index (χ0n) is 11.7. The lowest BCUT2D eigenvalue weighted by Gasteiger charge is -2.14. The molecule has 1 saturated carbocycles. The van der Waals surface area contributed by atoms with E-state index in [1.54, 1.807) is 6.92 Å². The molecule has 0 saturated heterocycles. The standard InChI is InChI=1S/C16H22O2S/c1-12-7-9-15(10-8-12)16(17)13(2)19(18)11-14-5-3-4-6-14/h7-10,13-14H,3-6,11H2,1-2H3. The maximum atomic E-state index is 12.3. The molecule has 2 atom stereocenters. The summed E-state index contributed by atoms with van der Waals surface area (Å²) in [5.41, 5.74) is 1.81. The number of ketones is 1. The average molecular weight is 278 g/mol. The van der Waals surface area contributed by atoms with Crippen LogP contribution in [0.3, 0.4) is 0 Å². The minimum Gasteiger partial charge on any atom is -0.293 e. The van der Waals surface area contributed by atoms with Gasteiger partial charge in [0.05, 0.1) is 5.25 Å². The Morgan fingerprint density at radius 3 is 2.42 bits per heavy atom. The molecule has 1 aliphatic rings. The fourth-order valence-electron chi connectivity index (χ4n) is 2.63. The van der Waals surface area contributed by atoms with Crippen LogP contribution in [0.4, 0.5) is 0 Å². The van der Waals surface area contributed by atoms with Gasteiger partial charge in [-0.3, -0.25) is 9.00 Å². The third kappa shape index (κ3) is 3.75. The second-order valence-corrected chi connectivity index (χ2v) is 7.37. The van der Waals surface area contributed by atoms with E-state index >= 15 is 0 Å². The lowest BCUT2D eigenvalue weighted by atomic mass is 10.1. The highest BCUT2D eigenvalue weighted by atomic mass is 32.2. The van der Waals surface area contributed by atoms with Gasteiger partial charge in [0.15, 0.2) is 5.78 Å². The molecule has 19 heavy (non-hydrogen) atoms. The average Bonchev–Trinajstić information content (AvgIpc) is 2.90. The van der Waals surface area contributed by atoms with Crippen LogP contribution < -0.4 is 0 Å². The first-order chi connectivity index (χ1) is 9.08. The Bertz CT molecular complexity index is 458. The summed E-state index contributed by atoms with van der Waals surface area (Å²) >= 11 is 0. The van der Waals surface area contributed by atoms with Crippen LogP contribution in [0.2, 0.25) is 0 Å². The minimum absolute atomic E-state index is 0.0105. The van der Waals surface area contributed by atoms with Crippen molar-refractivity contribution in [2.45, 2.75) is 44.8 Å². The van der Waals surface area contributed by atoms with Gasteiger partial charge in [-0.1, -0.05) is 42.7 Å². The van der Waals surface area contributed by atoms with Crippen LogP contribution >= 0.6 is 0 Å². The van der Waals surface area contributed by atoms with E-state index in [1.165, 1.54) is 25.7 Å². The van der Waals surface area contributed by atoms with Crippen molar-refractivity contribution in [1.29, 1.82) is 0 Å². The number of carbonyl (C=O) groups excluding carboxylic acids is 1. The maximum absolute atomic E-state index is 12.3. The molecular weight excluding hydrogens is 256 g/mol. The van der Waals surface area contributed by atoms with E-state index in [-0.39, 0.29) is 11.0 Å². The van der Waals surface area contributed by atoms with Crippen LogP contribution in [0.25, 0.3) is 0 Å². The van der Waals surface area contributed by atoms with Gasteiger partial charge in [0, 0.05) is 22.1 Å². The van der Waals surface area contributed by atoms with E-state index in [1.807, 2.05) is 31.2 Å². The molecule has 0 radical (unpaired) electrons. The summed E-state index contributed by atoms with van der Waals surface area (Å²) in [6, 6.07) is 7.53. The van der Waals surface area contributed by atoms with Gasteiger partial charge in [0.2, 0.25) is 0 Å². The third-order valence-corrected chi connectivity index (χ3v) is 5.78. The van der Waals surface area contributed by atoms with Crippen LogP contribution in [0.15, 0.2) is 24.3 Å². The first kappa shape index (κ1) is 14.4. The van der Waals surface area contributed by atoms with Gasteiger partial charge in [0.25, 0.3) is 0 Å². The Hall–Kier alpha value is -0.960. The largest absolute Gasteiger partial charge is 0.293 e. The highest BCUT2D eigenvalue weighted by molar-refractivity contribution is 7.86. The lowest BCUT2D eigenvalue weighted by Crippen LogP contribution is -2.26. The van der Waals surface area contributed by atoms with Crippen molar-refractivity contribution in [3.63, 3.8) is 0 Å². The van der Waals surface area contributed by atoms with Gasteiger partial charge in [0.1, 0.15) is 0 Å². The number of carbonyl (C=O) groups is 1. The van der Waals surface area contributed by atoms with Crippen LogP contribution in [0.1, 0.15) is 48.5 Å². The van der Waals surface area contributed by atoms with Crippen molar-refractivity contribution in [1.82, 2.24) is 0 Å². The summed E-state index contributed by atoms with van der Waals surface area (Å²) in [6.45, 7) is 3.79. The van der Waals surface area contributed by atoms with Gasteiger partial charge in [-0.05, 0) is 32.6 Å². The fraction of sp³-hybridized carbons (Fsp3) is 0.562. The quantitative estimate of drug-likeness (QED) is 0.772. The number of hydrogen-bond acceptors (Lipinski definition) is 2. The van der Waals surface area contributed by atoms with E-state index in [0.717, 1.165) is 5.56 Å². The molecule has 2 rings (SSSR count). The molecule has 0 N–H and O–H groups in total. The van der Waals surface area contributed by atoms with E-state index in [2.05, 4.69) is 0 Å². The lowest BCUT2D eigenvalue weighted by molar-refractivity contribution is 0.0992. The first-order valence-corrected chi connectivity index (χ1v) is 8.44. The zero-order valence-corrected chi connectivity index (χ0v) is 12.5. The summed E-state index contributed by atoms with van der Waals surface area (Å²) in [5.74, 6) is 1.27. The Labute approximate surface area is 118 Å². The first-order valence-electron chi connectivity index (χ1n) is 7.06. The maximum Gasteiger partial charge on any atom is 0.178 e. The summed E-state index contributed by atoms with van der Waals surface area (Å²) in [7, 11) is -1.04. The molecule has 0 bridgehead atoms. The molecule has 104 valence electrons. The molecule has 0 aromatic heterocycles. The number of hydrogen-bond donors (Lipinski definition) is 0. The molecule has 3 heteroatoms. The molecule has 2 nitrogen and oxygen atoms in total. The molecule has 0 aliphatic heterocycles. The zero-order chi connectivity index (χ0) is 13.8. The number of benzene rings is 1.